The van der Waals surface area contributed by atoms with Crippen LogP contribution in [0.2, 0.25) is 0 Å². The normalized spacial score (nSPS) is 15.7. The van der Waals surface area contributed by atoms with Gasteiger partial charge in [-0.2, -0.15) is 0 Å². The van der Waals surface area contributed by atoms with Crippen molar-refractivity contribution in [3.63, 3.8) is 0 Å². The molecule has 1 unspecified atom stereocenters. The van der Waals surface area contributed by atoms with Crippen LogP contribution in [0, 0.1) is 0 Å². The molecule has 0 bridgehead atoms. The van der Waals surface area contributed by atoms with Crippen LogP contribution in [-0.2, 0) is 20.4 Å². The molecule has 1 aliphatic carbocycles. The molecule has 47 heavy (non-hydrogen) atoms. The molecule has 1 aliphatic rings. The summed E-state index contributed by atoms with van der Waals surface area (Å²) < 4.78 is 5.26. The molecule has 1 atom stereocenters. The third-order valence-corrected chi connectivity index (χ3v) is 10.6. The van der Waals surface area contributed by atoms with Crippen LogP contribution in [0.3, 0.4) is 0 Å². The molecule has 0 saturated carbocycles. The lowest BCUT2D eigenvalue weighted by Crippen LogP contribution is -2.27. The maximum atomic E-state index is 11.5. The molecule has 236 valence electrons. The molecule has 0 heterocycles. The minimum Gasteiger partial charge on any atom is -0.463 e. The quantitative estimate of drug-likeness (QED) is 0.0503. The van der Waals surface area contributed by atoms with E-state index in [0.717, 1.165) is 32.1 Å². The number of fused-ring (bicyclic) bond motifs is 3. The second-order valence-corrected chi connectivity index (χ2v) is 14.3. The molecule has 0 spiro atoms. The SMILES string of the molecule is C=CC(=O)OCCCCCC1(C(=C)CC)c2ccccc2-c2ccc(-c3ccc4ccc5cc(C(C)(C)C)cc6ccc3c4c56)cc21. The van der Waals surface area contributed by atoms with Gasteiger partial charge in [-0.25, -0.2) is 4.79 Å². The van der Waals surface area contributed by atoms with Crippen molar-refractivity contribution in [3.8, 4) is 22.3 Å². The van der Waals surface area contributed by atoms with Gasteiger partial charge in [0.05, 0.1) is 6.61 Å². The Morgan fingerprint density at radius 1 is 0.766 bits per heavy atom. The van der Waals surface area contributed by atoms with Gasteiger partial charge >= 0.3 is 5.97 Å². The van der Waals surface area contributed by atoms with Crippen molar-refractivity contribution >= 4 is 38.3 Å². The maximum Gasteiger partial charge on any atom is 0.330 e. The molecule has 0 aromatic heterocycles. The van der Waals surface area contributed by atoms with Gasteiger partial charge in [0.15, 0.2) is 0 Å². The van der Waals surface area contributed by atoms with Crippen molar-refractivity contribution in [2.24, 2.45) is 0 Å². The number of ether oxygens (including phenoxy) is 1. The Labute approximate surface area is 279 Å². The summed E-state index contributed by atoms with van der Waals surface area (Å²) in [6.45, 7) is 17.8. The molecular formula is C45H44O2. The highest BCUT2D eigenvalue weighted by Gasteiger charge is 2.44. The molecule has 6 aromatic carbocycles. The summed E-state index contributed by atoms with van der Waals surface area (Å²) in [7, 11) is 0. The summed E-state index contributed by atoms with van der Waals surface area (Å²) in [4.78, 5) is 11.5. The zero-order valence-corrected chi connectivity index (χ0v) is 28.2. The fourth-order valence-electron chi connectivity index (χ4n) is 8.07. The highest BCUT2D eigenvalue weighted by Crippen LogP contribution is 2.56. The van der Waals surface area contributed by atoms with Crippen LogP contribution >= 0.6 is 0 Å². The summed E-state index contributed by atoms with van der Waals surface area (Å²) in [6, 6.07) is 34.6. The van der Waals surface area contributed by atoms with Gasteiger partial charge in [-0.3, -0.25) is 0 Å². The molecule has 0 saturated heterocycles. The predicted molar refractivity (Wildman–Crippen MR) is 200 cm³/mol. The van der Waals surface area contributed by atoms with Gasteiger partial charge in [0.25, 0.3) is 0 Å². The number of rotatable bonds is 10. The van der Waals surface area contributed by atoms with Gasteiger partial charge in [-0.1, -0.05) is 144 Å². The van der Waals surface area contributed by atoms with Crippen LogP contribution in [0.15, 0.2) is 116 Å². The van der Waals surface area contributed by atoms with Gasteiger partial charge < -0.3 is 4.74 Å². The monoisotopic (exact) mass is 616 g/mol. The molecule has 0 radical (unpaired) electrons. The first-order valence-corrected chi connectivity index (χ1v) is 17.1. The van der Waals surface area contributed by atoms with Crippen molar-refractivity contribution in [2.75, 3.05) is 6.61 Å². The van der Waals surface area contributed by atoms with E-state index in [1.807, 2.05) is 0 Å². The number of hydrogen-bond acceptors (Lipinski definition) is 2. The summed E-state index contributed by atoms with van der Waals surface area (Å²) in [6.07, 6.45) is 5.93. The number of esters is 1. The average molecular weight is 617 g/mol. The molecule has 6 aromatic rings. The average Bonchev–Trinajstić information content (AvgIpc) is 3.37. The highest BCUT2D eigenvalue weighted by atomic mass is 16.5. The van der Waals surface area contributed by atoms with Crippen LogP contribution in [0.5, 0.6) is 0 Å². The third-order valence-electron chi connectivity index (χ3n) is 10.6. The van der Waals surface area contributed by atoms with Gasteiger partial charge in [0.2, 0.25) is 0 Å². The maximum absolute atomic E-state index is 11.5. The van der Waals surface area contributed by atoms with E-state index in [9.17, 15) is 4.79 Å². The number of unbranched alkanes of at least 4 members (excludes halogenated alkanes) is 2. The van der Waals surface area contributed by atoms with Crippen molar-refractivity contribution in [3.05, 3.63) is 132 Å². The van der Waals surface area contributed by atoms with E-state index in [0.29, 0.717) is 6.61 Å². The van der Waals surface area contributed by atoms with E-state index in [1.54, 1.807) is 0 Å². The van der Waals surface area contributed by atoms with E-state index < -0.39 is 0 Å². The predicted octanol–water partition coefficient (Wildman–Crippen LogP) is 12.1. The zero-order valence-electron chi connectivity index (χ0n) is 28.2. The smallest absolute Gasteiger partial charge is 0.330 e. The second kappa shape index (κ2) is 11.8. The first-order chi connectivity index (χ1) is 22.7. The Morgan fingerprint density at radius 2 is 1.45 bits per heavy atom. The molecule has 0 fully saturated rings. The Bertz CT molecular complexity index is 2160. The van der Waals surface area contributed by atoms with Crippen LogP contribution in [0.4, 0.5) is 0 Å². The number of benzene rings is 6. The van der Waals surface area contributed by atoms with Crippen LogP contribution < -0.4 is 0 Å². The molecule has 2 nitrogen and oxygen atoms in total. The van der Waals surface area contributed by atoms with Crippen molar-refractivity contribution in [1.29, 1.82) is 0 Å². The van der Waals surface area contributed by atoms with E-state index in [2.05, 4.69) is 125 Å². The van der Waals surface area contributed by atoms with E-state index >= 15 is 0 Å². The van der Waals surface area contributed by atoms with Gasteiger partial charge in [0.1, 0.15) is 0 Å². The van der Waals surface area contributed by atoms with Crippen LogP contribution in [0.25, 0.3) is 54.6 Å². The lowest BCUT2D eigenvalue weighted by molar-refractivity contribution is -0.137. The summed E-state index contributed by atoms with van der Waals surface area (Å²) >= 11 is 0. The summed E-state index contributed by atoms with van der Waals surface area (Å²) in [5.41, 5.74) is 10.3. The van der Waals surface area contributed by atoms with Gasteiger partial charge in [0, 0.05) is 11.5 Å². The van der Waals surface area contributed by atoms with Gasteiger partial charge in [-0.15, -0.1) is 0 Å². The van der Waals surface area contributed by atoms with Crippen molar-refractivity contribution < 1.29 is 9.53 Å². The van der Waals surface area contributed by atoms with E-state index in [4.69, 9.17) is 11.3 Å². The number of carbonyl (C=O) groups is 1. The number of allylic oxidation sites excluding steroid dienone is 1. The first-order valence-electron chi connectivity index (χ1n) is 17.1. The molecule has 0 N–H and O–H groups in total. The Balaban J connectivity index is 1.34. The van der Waals surface area contributed by atoms with E-state index in [1.165, 1.54) is 82.9 Å². The summed E-state index contributed by atoms with van der Waals surface area (Å²) in [5.74, 6) is -0.353. The largest absolute Gasteiger partial charge is 0.463 e. The standard InChI is InChI=1S/C45H44O2/c1-7-29(3)45(24-12-9-13-25-47-41(46)8-2)39-15-11-10-14-36(39)37-22-19-31(28-40(37)45)35-21-18-30-16-17-32-26-34(44(4,5)6)27-33-20-23-38(35)43(30)42(32)33/h8,10-11,14-23,26-28H,2-3,7,9,12-13,24-25H2,1,4-6H3. The van der Waals surface area contributed by atoms with Crippen molar-refractivity contribution in [1.82, 2.24) is 0 Å². The van der Waals surface area contributed by atoms with Crippen LogP contribution in [0.1, 0.15) is 76.5 Å². The summed E-state index contributed by atoms with van der Waals surface area (Å²) in [5, 5.41) is 7.91. The lowest BCUT2D eigenvalue weighted by atomic mass is 9.68. The minimum atomic E-state index is -0.353. The molecular weight excluding hydrogens is 572 g/mol. The zero-order chi connectivity index (χ0) is 32.9. The Hall–Kier alpha value is -4.69. The van der Waals surface area contributed by atoms with Crippen LogP contribution in [-0.4, -0.2) is 12.6 Å². The van der Waals surface area contributed by atoms with Gasteiger partial charge in [-0.05, 0) is 102 Å². The van der Waals surface area contributed by atoms with E-state index in [-0.39, 0.29) is 16.8 Å². The third kappa shape index (κ3) is 5.06. The fourth-order valence-corrected chi connectivity index (χ4v) is 8.07. The minimum absolute atomic E-state index is 0.0882. The lowest BCUT2D eigenvalue weighted by Gasteiger charge is -2.35. The molecule has 0 amide bonds. The molecule has 7 rings (SSSR count). The topological polar surface area (TPSA) is 26.3 Å². The highest BCUT2D eigenvalue weighted by molar-refractivity contribution is 6.25. The number of hydrogen-bond donors (Lipinski definition) is 0. The second-order valence-electron chi connectivity index (χ2n) is 14.3. The number of carbonyl (C=O) groups excluding carboxylic acids is 1. The Morgan fingerprint density at radius 3 is 2.19 bits per heavy atom. The van der Waals surface area contributed by atoms with Crippen molar-refractivity contribution in [2.45, 2.75) is 70.6 Å². The first kappa shape index (κ1) is 30.9. The molecule has 2 heteroatoms. The molecule has 0 aliphatic heterocycles. The Kier molecular flexibility index (Phi) is 7.79. The fraction of sp³-hybridized carbons (Fsp3) is 0.267.